The molecule has 0 bridgehead atoms. The average molecular weight is 280 g/mol. The van der Waals surface area contributed by atoms with Crippen molar-refractivity contribution in [2.75, 3.05) is 10.2 Å². The molecular weight excluding hydrogens is 260 g/mol. The zero-order valence-electron chi connectivity index (χ0n) is 12.5. The zero-order valence-corrected chi connectivity index (χ0v) is 12.5. The van der Waals surface area contributed by atoms with Gasteiger partial charge in [0, 0.05) is 19.0 Å². The number of benzene rings is 2. The van der Waals surface area contributed by atoms with Crippen LogP contribution >= 0.6 is 0 Å². The number of fused-ring (bicyclic) bond motifs is 1. The van der Waals surface area contributed by atoms with Crippen molar-refractivity contribution in [1.82, 2.24) is 0 Å². The number of carbonyl (C=O) groups excluding carboxylic acids is 1. The van der Waals surface area contributed by atoms with E-state index in [1.54, 1.807) is 0 Å². The van der Waals surface area contributed by atoms with Gasteiger partial charge < -0.3 is 10.2 Å². The number of nitrogens with one attached hydrogen (secondary N) is 1. The minimum absolute atomic E-state index is 0.0846. The van der Waals surface area contributed by atoms with E-state index < -0.39 is 0 Å². The van der Waals surface area contributed by atoms with Crippen LogP contribution in [0.3, 0.4) is 0 Å². The summed E-state index contributed by atoms with van der Waals surface area (Å²) >= 11 is 0. The van der Waals surface area contributed by atoms with Crippen molar-refractivity contribution in [2.45, 2.75) is 32.9 Å². The van der Waals surface area contributed by atoms with Crippen molar-refractivity contribution in [3.05, 3.63) is 59.7 Å². The Morgan fingerprint density at radius 3 is 2.62 bits per heavy atom. The second-order valence-corrected chi connectivity index (χ2v) is 5.73. The summed E-state index contributed by atoms with van der Waals surface area (Å²) in [5.74, 6) is 0.0846. The Morgan fingerprint density at radius 1 is 1.14 bits per heavy atom. The van der Waals surface area contributed by atoms with Gasteiger partial charge >= 0.3 is 0 Å². The van der Waals surface area contributed by atoms with E-state index in [0.29, 0.717) is 6.42 Å². The highest BCUT2D eigenvalue weighted by atomic mass is 16.1. The van der Waals surface area contributed by atoms with Crippen LogP contribution in [0.1, 0.15) is 24.5 Å². The lowest BCUT2D eigenvalue weighted by Crippen LogP contribution is -2.33. The van der Waals surface area contributed by atoms with Crippen LogP contribution in [0.4, 0.5) is 11.4 Å². The molecule has 0 saturated heterocycles. The number of anilines is 2. The normalized spacial score (nSPS) is 17.9. The number of carbonyl (C=O) groups is 1. The van der Waals surface area contributed by atoms with Crippen molar-refractivity contribution in [3.8, 4) is 0 Å². The second kappa shape index (κ2) is 5.60. The van der Waals surface area contributed by atoms with Gasteiger partial charge in [0.2, 0.25) is 5.91 Å². The van der Waals surface area contributed by atoms with Crippen molar-refractivity contribution in [2.24, 2.45) is 0 Å². The molecule has 2 aromatic rings. The van der Waals surface area contributed by atoms with Crippen LogP contribution in [0.5, 0.6) is 0 Å². The standard InChI is InChI=1S/C18H20N2O/c1-13-7-9-15(10-8-13)12-20-14(2)11-18(21)19-16-5-3-4-6-17(16)20/h3-10,14H,11-12H2,1-2H3,(H,19,21). The number of nitrogens with zero attached hydrogens (tertiary/aromatic N) is 1. The van der Waals surface area contributed by atoms with E-state index in [1.807, 2.05) is 18.2 Å². The van der Waals surface area contributed by atoms with Gasteiger partial charge in [0.1, 0.15) is 0 Å². The van der Waals surface area contributed by atoms with Crippen molar-refractivity contribution >= 4 is 17.3 Å². The Kier molecular flexibility index (Phi) is 3.65. The van der Waals surface area contributed by atoms with Gasteiger partial charge in [-0.25, -0.2) is 0 Å². The lowest BCUT2D eigenvalue weighted by molar-refractivity contribution is -0.116. The molecule has 1 unspecified atom stereocenters. The first-order chi connectivity index (χ1) is 10.1. The lowest BCUT2D eigenvalue weighted by atomic mass is 10.1. The molecule has 21 heavy (non-hydrogen) atoms. The van der Waals surface area contributed by atoms with Crippen LogP contribution in [-0.4, -0.2) is 11.9 Å². The Labute approximate surface area is 125 Å². The van der Waals surface area contributed by atoms with Gasteiger partial charge in [-0.15, -0.1) is 0 Å². The Bertz CT molecular complexity index is 649. The van der Waals surface area contributed by atoms with Gasteiger partial charge in [-0.2, -0.15) is 0 Å². The summed E-state index contributed by atoms with van der Waals surface area (Å²) in [6, 6.07) is 16.8. The highest BCUT2D eigenvalue weighted by Gasteiger charge is 2.24. The molecule has 0 saturated carbocycles. The molecule has 108 valence electrons. The maximum Gasteiger partial charge on any atom is 0.226 e. The highest BCUT2D eigenvalue weighted by Crippen LogP contribution is 2.32. The molecule has 1 amide bonds. The molecule has 0 radical (unpaired) electrons. The van der Waals surface area contributed by atoms with E-state index in [0.717, 1.165) is 17.9 Å². The third-order valence-electron chi connectivity index (χ3n) is 3.97. The minimum atomic E-state index is 0.0846. The summed E-state index contributed by atoms with van der Waals surface area (Å²) in [6.07, 6.45) is 0.514. The van der Waals surface area contributed by atoms with Gasteiger partial charge in [-0.05, 0) is 31.5 Å². The third kappa shape index (κ3) is 2.92. The monoisotopic (exact) mass is 280 g/mol. The topological polar surface area (TPSA) is 32.3 Å². The first-order valence-electron chi connectivity index (χ1n) is 7.34. The predicted octanol–water partition coefficient (Wildman–Crippen LogP) is 3.73. The van der Waals surface area contributed by atoms with Gasteiger partial charge in [0.15, 0.2) is 0 Å². The largest absolute Gasteiger partial charge is 0.362 e. The lowest BCUT2D eigenvalue weighted by Gasteiger charge is -2.30. The van der Waals surface area contributed by atoms with Gasteiger partial charge in [0.05, 0.1) is 11.4 Å². The summed E-state index contributed by atoms with van der Waals surface area (Å²) in [7, 11) is 0. The number of aryl methyl sites for hydroxylation is 1. The number of hydrogen-bond donors (Lipinski definition) is 1. The van der Waals surface area contributed by atoms with Crippen LogP contribution in [0.15, 0.2) is 48.5 Å². The fourth-order valence-corrected chi connectivity index (χ4v) is 2.78. The Balaban J connectivity index is 1.95. The smallest absolute Gasteiger partial charge is 0.226 e. The molecule has 1 heterocycles. The summed E-state index contributed by atoms with van der Waals surface area (Å²) in [5, 5.41) is 3.00. The quantitative estimate of drug-likeness (QED) is 0.909. The molecule has 3 rings (SSSR count). The van der Waals surface area contributed by atoms with Gasteiger partial charge in [-0.1, -0.05) is 42.0 Å². The van der Waals surface area contributed by atoms with Crippen LogP contribution in [0, 0.1) is 6.92 Å². The van der Waals surface area contributed by atoms with E-state index >= 15 is 0 Å². The molecule has 1 aliphatic rings. The first kappa shape index (κ1) is 13.7. The number of amides is 1. The van der Waals surface area contributed by atoms with Crippen LogP contribution in [-0.2, 0) is 11.3 Å². The van der Waals surface area contributed by atoms with Crippen LogP contribution < -0.4 is 10.2 Å². The van der Waals surface area contributed by atoms with Crippen LogP contribution in [0.25, 0.3) is 0 Å². The molecular formula is C18H20N2O. The second-order valence-electron chi connectivity index (χ2n) is 5.73. The molecule has 1 N–H and O–H groups in total. The molecule has 1 atom stereocenters. The molecule has 3 nitrogen and oxygen atoms in total. The molecule has 0 aromatic heterocycles. The molecule has 1 aliphatic heterocycles. The molecule has 0 spiro atoms. The molecule has 0 aliphatic carbocycles. The fourth-order valence-electron chi connectivity index (χ4n) is 2.78. The third-order valence-corrected chi connectivity index (χ3v) is 3.97. The van der Waals surface area contributed by atoms with Crippen molar-refractivity contribution < 1.29 is 4.79 Å². The summed E-state index contributed by atoms with van der Waals surface area (Å²) in [4.78, 5) is 14.3. The van der Waals surface area contributed by atoms with E-state index in [4.69, 9.17) is 0 Å². The molecule has 2 aromatic carbocycles. The Hall–Kier alpha value is -2.29. The molecule has 0 fully saturated rings. The van der Waals surface area contributed by atoms with E-state index in [-0.39, 0.29) is 11.9 Å². The number of para-hydroxylation sites is 2. The van der Waals surface area contributed by atoms with E-state index in [2.05, 4.69) is 54.4 Å². The van der Waals surface area contributed by atoms with Gasteiger partial charge in [-0.3, -0.25) is 4.79 Å². The first-order valence-corrected chi connectivity index (χ1v) is 7.34. The van der Waals surface area contributed by atoms with Crippen molar-refractivity contribution in [3.63, 3.8) is 0 Å². The average Bonchev–Trinajstić information content (AvgIpc) is 2.58. The van der Waals surface area contributed by atoms with Gasteiger partial charge in [0.25, 0.3) is 0 Å². The number of rotatable bonds is 2. The van der Waals surface area contributed by atoms with Crippen molar-refractivity contribution in [1.29, 1.82) is 0 Å². The zero-order chi connectivity index (χ0) is 14.8. The summed E-state index contributed by atoms with van der Waals surface area (Å²) in [6.45, 7) is 5.01. The maximum absolute atomic E-state index is 12.0. The number of hydrogen-bond acceptors (Lipinski definition) is 2. The van der Waals surface area contributed by atoms with E-state index in [1.165, 1.54) is 11.1 Å². The van der Waals surface area contributed by atoms with Crippen LogP contribution in [0.2, 0.25) is 0 Å². The maximum atomic E-state index is 12.0. The highest BCUT2D eigenvalue weighted by molar-refractivity contribution is 5.96. The molecule has 3 heteroatoms. The Morgan fingerprint density at radius 2 is 1.86 bits per heavy atom. The van der Waals surface area contributed by atoms with E-state index in [9.17, 15) is 4.79 Å². The SMILES string of the molecule is Cc1ccc(CN2c3ccccc3NC(=O)CC2C)cc1. The minimum Gasteiger partial charge on any atom is -0.362 e. The predicted molar refractivity (Wildman–Crippen MR) is 86.5 cm³/mol. The fraction of sp³-hybridized carbons (Fsp3) is 0.278. The summed E-state index contributed by atoms with van der Waals surface area (Å²) < 4.78 is 0. The summed E-state index contributed by atoms with van der Waals surface area (Å²) in [5.41, 5.74) is 4.52.